The Hall–Kier alpha value is -1.79. The molecule has 0 saturated heterocycles. The van der Waals surface area contributed by atoms with Crippen molar-refractivity contribution in [2.75, 3.05) is 27.2 Å². The second kappa shape index (κ2) is 6.58. The molecule has 0 radical (unpaired) electrons. The van der Waals surface area contributed by atoms with Crippen LogP contribution in [0.4, 0.5) is 4.79 Å². The van der Waals surface area contributed by atoms with Crippen LogP contribution in [0.5, 0.6) is 0 Å². The molecule has 0 aliphatic heterocycles. The quantitative estimate of drug-likeness (QED) is 0.743. The van der Waals surface area contributed by atoms with Gasteiger partial charge in [0.2, 0.25) is 5.91 Å². The predicted molar refractivity (Wildman–Crippen MR) is 73.3 cm³/mol. The van der Waals surface area contributed by atoms with E-state index in [0.29, 0.717) is 19.4 Å². The lowest BCUT2D eigenvalue weighted by Gasteiger charge is -2.42. The van der Waals surface area contributed by atoms with Crippen molar-refractivity contribution in [3.8, 4) is 0 Å². The van der Waals surface area contributed by atoms with Gasteiger partial charge in [-0.3, -0.25) is 9.59 Å². The van der Waals surface area contributed by atoms with Crippen molar-refractivity contribution in [1.29, 1.82) is 0 Å². The van der Waals surface area contributed by atoms with Crippen molar-refractivity contribution in [2.45, 2.75) is 38.1 Å². The summed E-state index contributed by atoms with van der Waals surface area (Å²) >= 11 is 0. The van der Waals surface area contributed by atoms with Crippen LogP contribution in [-0.4, -0.2) is 65.5 Å². The van der Waals surface area contributed by atoms with Crippen LogP contribution in [0.25, 0.3) is 0 Å². The summed E-state index contributed by atoms with van der Waals surface area (Å²) in [5.74, 6) is -1.08. The Labute approximate surface area is 118 Å². The highest BCUT2D eigenvalue weighted by Crippen LogP contribution is 2.35. The van der Waals surface area contributed by atoms with Gasteiger partial charge in [-0.25, -0.2) is 4.79 Å². The Morgan fingerprint density at radius 2 is 1.85 bits per heavy atom. The number of carboxylic acids is 1. The zero-order valence-electron chi connectivity index (χ0n) is 12.3. The summed E-state index contributed by atoms with van der Waals surface area (Å²) in [6.07, 6.45) is 2.18. The zero-order chi connectivity index (χ0) is 15.3. The lowest BCUT2D eigenvalue weighted by Crippen LogP contribution is -2.58. The van der Waals surface area contributed by atoms with Crippen LogP contribution in [0.15, 0.2) is 0 Å². The van der Waals surface area contributed by atoms with E-state index in [-0.39, 0.29) is 24.9 Å². The van der Waals surface area contributed by atoms with E-state index < -0.39 is 11.5 Å². The fourth-order valence-corrected chi connectivity index (χ4v) is 2.18. The molecule has 0 bridgehead atoms. The van der Waals surface area contributed by atoms with Crippen molar-refractivity contribution < 1.29 is 19.5 Å². The minimum absolute atomic E-state index is 0.00150. The lowest BCUT2D eigenvalue weighted by molar-refractivity contribution is -0.139. The van der Waals surface area contributed by atoms with E-state index in [1.807, 2.05) is 0 Å². The number of nitrogens with zero attached hydrogens (tertiary/aromatic N) is 2. The first-order valence-corrected chi connectivity index (χ1v) is 6.78. The number of hydrogen-bond donors (Lipinski definition) is 2. The van der Waals surface area contributed by atoms with Gasteiger partial charge in [0.1, 0.15) is 6.54 Å². The molecule has 1 fully saturated rings. The molecule has 0 unspecified atom stereocenters. The number of aliphatic carboxylic acids is 1. The van der Waals surface area contributed by atoms with E-state index in [1.54, 1.807) is 21.0 Å². The van der Waals surface area contributed by atoms with Gasteiger partial charge in [-0.05, 0) is 26.2 Å². The molecule has 1 rings (SSSR count). The molecule has 7 heteroatoms. The molecule has 114 valence electrons. The van der Waals surface area contributed by atoms with Gasteiger partial charge in [0.05, 0.1) is 12.0 Å². The third-order valence-corrected chi connectivity index (χ3v) is 3.67. The maximum atomic E-state index is 12.2. The summed E-state index contributed by atoms with van der Waals surface area (Å²) in [7, 11) is 3.26. The monoisotopic (exact) mass is 285 g/mol. The number of carboxylic acid groups (broad SMARTS) is 1. The van der Waals surface area contributed by atoms with Crippen LogP contribution in [0.3, 0.4) is 0 Å². The molecule has 2 N–H and O–H groups in total. The van der Waals surface area contributed by atoms with Crippen LogP contribution >= 0.6 is 0 Å². The number of nitrogens with one attached hydrogen (secondary N) is 1. The smallest absolute Gasteiger partial charge is 0.318 e. The van der Waals surface area contributed by atoms with Crippen LogP contribution in [0, 0.1) is 0 Å². The van der Waals surface area contributed by atoms with Crippen molar-refractivity contribution in [3.05, 3.63) is 0 Å². The molecule has 0 heterocycles. The minimum atomic E-state index is -0.919. The van der Waals surface area contributed by atoms with E-state index in [0.717, 1.165) is 6.42 Å². The average Bonchev–Trinajstić information content (AvgIpc) is 2.31. The molecule has 0 spiro atoms. The number of hydrogen-bond acceptors (Lipinski definition) is 3. The van der Waals surface area contributed by atoms with Gasteiger partial charge < -0.3 is 20.2 Å². The van der Waals surface area contributed by atoms with Gasteiger partial charge in [-0.1, -0.05) is 0 Å². The Morgan fingerprint density at radius 1 is 1.25 bits per heavy atom. The highest BCUT2D eigenvalue weighted by atomic mass is 16.4. The standard InChI is InChI=1S/C13H23N3O4/c1-4-16(9-10(17)15(2)3)12(20)14-13(6-5-7-13)8-11(18)19/h4-9H2,1-3H3,(H,14,20)(H,18,19). The van der Waals surface area contributed by atoms with Gasteiger partial charge in [0.25, 0.3) is 0 Å². The number of urea groups is 1. The van der Waals surface area contributed by atoms with E-state index in [1.165, 1.54) is 9.80 Å². The van der Waals surface area contributed by atoms with Gasteiger partial charge in [-0.2, -0.15) is 0 Å². The topological polar surface area (TPSA) is 90.0 Å². The van der Waals surface area contributed by atoms with Crippen LogP contribution in [0.1, 0.15) is 32.6 Å². The maximum Gasteiger partial charge on any atom is 0.318 e. The van der Waals surface area contributed by atoms with Gasteiger partial charge in [-0.15, -0.1) is 0 Å². The third kappa shape index (κ3) is 4.11. The van der Waals surface area contributed by atoms with Crippen LogP contribution in [0.2, 0.25) is 0 Å². The molecule has 3 amide bonds. The molecule has 0 aromatic rings. The van der Waals surface area contributed by atoms with Crippen molar-refractivity contribution >= 4 is 17.9 Å². The summed E-state index contributed by atoms with van der Waals surface area (Å²) in [6, 6.07) is -0.372. The Morgan fingerprint density at radius 3 is 2.20 bits per heavy atom. The molecular weight excluding hydrogens is 262 g/mol. The highest BCUT2D eigenvalue weighted by Gasteiger charge is 2.41. The fourth-order valence-electron chi connectivity index (χ4n) is 2.18. The van der Waals surface area contributed by atoms with Crippen molar-refractivity contribution in [3.63, 3.8) is 0 Å². The second-order valence-corrected chi connectivity index (χ2v) is 5.44. The molecule has 20 heavy (non-hydrogen) atoms. The molecule has 7 nitrogen and oxygen atoms in total. The highest BCUT2D eigenvalue weighted by molar-refractivity contribution is 5.84. The van der Waals surface area contributed by atoms with E-state index >= 15 is 0 Å². The Kier molecular flexibility index (Phi) is 5.35. The van der Waals surface area contributed by atoms with Crippen LogP contribution < -0.4 is 5.32 Å². The molecule has 0 aromatic carbocycles. The summed E-state index contributed by atoms with van der Waals surface area (Å²) in [5, 5.41) is 11.7. The van der Waals surface area contributed by atoms with Gasteiger partial charge >= 0.3 is 12.0 Å². The van der Waals surface area contributed by atoms with E-state index in [9.17, 15) is 14.4 Å². The first-order valence-electron chi connectivity index (χ1n) is 6.78. The molecule has 0 aromatic heterocycles. The van der Waals surface area contributed by atoms with Crippen molar-refractivity contribution in [1.82, 2.24) is 15.1 Å². The average molecular weight is 285 g/mol. The Balaban J connectivity index is 2.62. The largest absolute Gasteiger partial charge is 0.481 e. The first-order chi connectivity index (χ1) is 9.29. The van der Waals surface area contributed by atoms with E-state index in [2.05, 4.69) is 5.32 Å². The second-order valence-electron chi connectivity index (χ2n) is 5.44. The molecule has 1 aliphatic carbocycles. The lowest BCUT2D eigenvalue weighted by atomic mass is 9.74. The maximum absolute atomic E-state index is 12.2. The third-order valence-electron chi connectivity index (χ3n) is 3.67. The van der Waals surface area contributed by atoms with Gasteiger partial charge in [0, 0.05) is 20.6 Å². The SMILES string of the molecule is CCN(CC(=O)N(C)C)C(=O)NC1(CC(=O)O)CCC1. The van der Waals surface area contributed by atoms with Crippen LogP contribution in [-0.2, 0) is 9.59 Å². The minimum Gasteiger partial charge on any atom is -0.481 e. The molecule has 0 atom stereocenters. The Bertz CT molecular complexity index is 391. The number of rotatable bonds is 6. The predicted octanol–water partition coefficient (Wildman–Crippen LogP) is 0.504. The van der Waals surface area contributed by atoms with E-state index in [4.69, 9.17) is 5.11 Å². The fraction of sp³-hybridized carbons (Fsp3) is 0.769. The molecule has 1 saturated carbocycles. The summed E-state index contributed by atoms with van der Waals surface area (Å²) < 4.78 is 0. The molecular formula is C13H23N3O4. The number of carbonyl (C=O) groups is 3. The normalized spacial score (nSPS) is 15.9. The summed E-state index contributed by atoms with van der Waals surface area (Å²) in [6.45, 7) is 2.18. The van der Waals surface area contributed by atoms with Crippen molar-refractivity contribution in [2.24, 2.45) is 0 Å². The summed E-state index contributed by atoms with van der Waals surface area (Å²) in [5.41, 5.74) is -0.641. The number of likely N-dealkylation sites (N-methyl/N-ethyl adjacent to an activating group) is 2. The molecule has 1 aliphatic rings. The first kappa shape index (κ1) is 16.3. The zero-order valence-corrected chi connectivity index (χ0v) is 12.3. The van der Waals surface area contributed by atoms with Gasteiger partial charge in [0.15, 0.2) is 0 Å². The number of carbonyl (C=O) groups excluding carboxylic acids is 2. The summed E-state index contributed by atoms with van der Waals surface area (Å²) in [4.78, 5) is 37.5. The number of amides is 3.